The zero-order chi connectivity index (χ0) is 15.1. The van der Waals surface area contributed by atoms with Crippen molar-refractivity contribution in [1.29, 1.82) is 0 Å². The molecule has 2 N–H and O–H groups in total. The van der Waals surface area contributed by atoms with Gasteiger partial charge in [0.05, 0.1) is 18.2 Å². The predicted octanol–water partition coefficient (Wildman–Crippen LogP) is 5.97. The van der Waals surface area contributed by atoms with Gasteiger partial charge in [0, 0.05) is 11.1 Å². The number of anilines is 1. The lowest BCUT2D eigenvalue weighted by Crippen LogP contribution is -1.92. The fourth-order valence-electron chi connectivity index (χ4n) is 1.96. The van der Waals surface area contributed by atoms with Gasteiger partial charge in [-0.1, -0.05) is 22.8 Å². The van der Waals surface area contributed by atoms with Crippen molar-refractivity contribution in [3.05, 3.63) is 42.7 Å². The molecule has 3 aromatic rings. The molecule has 0 bridgehead atoms. The van der Waals surface area contributed by atoms with Crippen LogP contribution >= 0.6 is 54.8 Å². The van der Waals surface area contributed by atoms with E-state index in [-0.39, 0.29) is 16.4 Å². The molecule has 0 amide bonds. The number of nitrogen functional groups attached to an aromatic ring is 1. The summed E-state index contributed by atoms with van der Waals surface area (Å²) in [4.78, 5) is 0. The van der Waals surface area contributed by atoms with Crippen LogP contribution < -0.4 is 5.73 Å². The summed E-state index contributed by atoms with van der Waals surface area (Å²) in [6.45, 7) is 0. The molecule has 1 aromatic carbocycles. The Balaban J connectivity index is 2.30. The van der Waals surface area contributed by atoms with Gasteiger partial charge in [0.1, 0.15) is 5.82 Å². The van der Waals surface area contributed by atoms with E-state index in [4.69, 9.17) is 21.9 Å². The lowest BCUT2D eigenvalue weighted by molar-refractivity contribution is 0.436. The van der Waals surface area contributed by atoms with Gasteiger partial charge >= 0.3 is 0 Å². The van der Waals surface area contributed by atoms with Gasteiger partial charge in [0.15, 0.2) is 11.6 Å². The Bertz CT molecular complexity index is 813. The maximum Gasteiger partial charge on any atom is 0.179 e. The predicted molar refractivity (Wildman–Crippen MR) is 90.0 cm³/mol. The van der Waals surface area contributed by atoms with E-state index in [1.165, 1.54) is 23.5 Å². The summed E-state index contributed by atoms with van der Waals surface area (Å²) in [6, 6.07) is 6.28. The smallest absolute Gasteiger partial charge is 0.179 e. The van der Waals surface area contributed by atoms with Gasteiger partial charge in [-0.25, -0.2) is 4.39 Å². The Morgan fingerprint density at radius 2 is 2.05 bits per heavy atom. The number of nitrogens with zero attached hydrogens (tertiary/aromatic N) is 1. The van der Waals surface area contributed by atoms with Crippen LogP contribution in [-0.4, -0.2) is 5.16 Å². The van der Waals surface area contributed by atoms with Crippen LogP contribution in [0.25, 0.3) is 22.5 Å². The third-order valence-electron chi connectivity index (χ3n) is 2.83. The summed E-state index contributed by atoms with van der Waals surface area (Å²) in [5.41, 5.74) is 7.11. The van der Waals surface area contributed by atoms with Crippen LogP contribution in [-0.2, 0) is 0 Å². The van der Waals surface area contributed by atoms with Crippen LogP contribution in [0.2, 0.25) is 5.02 Å². The molecule has 0 spiro atoms. The monoisotopic (exact) mass is 450 g/mol. The molecule has 2 heterocycles. The molecular formula is C13H6Br2ClFN2OS. The maximum atomic E-state index is 14.2. The van der Waals surface area contributed by atoms with Gasteiger partial charge in [0.25, 0.3) is 0 Å². The minimum atomic E-state index is -0.482. The summed E-state index contributed by atoms with van der Waals surface area (Å²) >= 11 is 14.4. The number of hydrogen-bond donors (Lipinski definition) is 1. The molecule has 21 heavy (non-hydrogen) atoms. The fourth-order valence-corrected chi connectivity index (χ4v) is 5.01. The van der Waals surface area contributed by atoms with E-state index in [0.29, 0.717) is 11.3 Å². The van der Waals surface area contributed by atoms with Crippen LogP contribution in [0.15, 0.2) is 36.4 Å². The van der Waals surface area contributed by atoms with E-state index in [1.807, 2.05) is 6.07 Å². The first-order valence-electron chi connectivity index (χ1n) is 5.63. The number of benzene rings is 1. The number of rotatable bonds is 2. The third kappa shape index (κ3) is 2.63. The van der Waals surface area contributed by atoms with Crippen molar-refractivity contribution < 1.29 is 8.91 Å². The van der Waals surface area contributed by atoms with Crippen molar-refractivity contribution in [1.82, 2.24) is 5.16 Å². The van der Waals surface area contributed by atoms with Crippen molar-refractivity contribution in [2.75, 3.05) is 5.73 Å². The molecular weight excluding hydrogens is 446 g/mol. The average molecular weight is 453 g/mol. The standard InChI is InChI=1S/C13H6Br2ClFN2OS/c14-8-4-5(12(15)21-8)11-10(13(18)19-20-11)9-6(16)2-1-3-7(9)17/h1-4H,(H2,18,19). The third-order valence-corrected chi connectivity index (χ3v) is 5.49. The van der Waals surface area contributed by atoms with Crippen LogP contribution in [0, 0.1) is 5.82 Å². The second-order valence-corrected chi connectivity index (χ2v) is 8.26. The lowest BCUT2D eigenvalue weighted by atomic mass is 10.0. The van der Waals surface area contributed by atoms with Crippen LogP contribution in [0.3, 0.4) is 0 Å². The first-order chi connectivity index (χ1) is 9.99. The second-order valence-electron chi connectivity index (χ2n) is 4.11. The molecule has 0 aliphatic rings. The molecule has 0 saturated carbocycles. The van der Waals surface area contributed by atoms with Crippen molar-refractivity contribution in [2.24, 2.45) is 0 Å². The molecule has 0 radical (unpaired) electrons. The highest BCUT2D eigenvalue weighted by Crippen LogP contribution is 2.46. The first kappa shape index (κ1) is 15.0. The van der Waals surface area contributed by atoms with Crippen molar-refractivity contribution >= 4 is 60.6 Å². The Morgan fingerprint density at radius 1 is 1.29 bits per heavy atom. The molecule has 0 aliphatic heterocycles. The quantitative estimate of drug-likeness (QED) is 0.521. The van der Waals surface area contributed by atoms with Gasteiger partial charge in [0.2, 0.25) is 0 Å². The van der Waals surface area contributed by atoms with Crippen LogP contribution in [0.5, 0.6) is 0 Å². The second kappa shape index (κ2) is 5.72. The van der Waals surface area contributed by atoms with E-state index < -0.39 is 5.82 Å². The molecule has 3 nitrogen and oxygen atoms in total. The minimum Gasteiger partial charge on any atom is -0.380 e. The van der Waals surface area contributed by atoms with Crippen LogP contribution in [0.4, 0.5) is 10.2 Å². The fraction of sp³-hybridized carbons (Fsp3) is 0. The molecule has 3 rings (SSSR count). The number of nitrogens with two attached hydrogens (primary N) is 1. The molecule has 0 atom stereocenters. The maximum absolute atomic E-state index is 14.2. The van der Waals surface area contributed by atoms with Gasteiger partial charge in [-0.3, -0.25) is 0 Å². The summed E-state index contributed by atoms with van der Waals surface area (Å²) in [5.74, 6) is -0.0244. The Labute approximate surface area is 145 Å². The van der Waals surface area contributed by atoms with Gasteiger partial charge < -0.3 is 10.3 Å². The van der Waals surface area contributed by atoms with E-state index in [2.05, 4.69) is 37.0 Å². The van der Waals surface area contributed by atoms with Crippen LogP contribution in [0.1, 0.15) is 0 Å². The molecule has 108 valence electrons. The van der Waals surface area contributed by atoms with E-state index in [0.717, 1.165) is 13.1 Å². The Hall–Kier alpha value is -0.890. The SMILES string of the molecule is Nc1noc(-c2cc(Br)sc2Br)c1-c1c(F)cccc1Cl. The highest BCUT2D eigenvalue weighted by atomic mass is 79.9. The zero-order valence-electron chi connectivity index (χ0n) is 10.2. The summed E-state index contributed by atoms with van der Waals surface area (Å²) in [7, 11) is 0. The summed E-state index contributed by atoms with van der Waals surface area (Å²) < 4.78 is 21.2. The first-order valence-corrected chi connectivity index (χ1v) is 8.41. The largest absolute Gasteiger partial charge is 0.380 e. The highest BCUT2D eigenvalue weighted by molar-refractivity contribution is 9.12. The van der Waals surface area contributed by atoms with Crippen molar-refractivity contribution in [3.63, 3.8) is 0 Å². The minimum absolute atomic E-state index is 0.0891. The van der Waals surface area contributed by atoms with Crippen molar-refractivity contribution in [3.8, 4) is 22.5 Å². The van der Waals surface area contributed by atoms with Gasteiger partial charge in [-0.05, 0) is 50.1 Å². The average Bonchev–Trinajstić information content (AvgIpc) is 2.93. The lowest BCUT2D eigenvalue weighted by Gasteiger charge is -2.06. The molecule has 0 fully saturated rings. The van der Waals surface area contributed by atoms with E-state index in [1.54, 1.807) is 6.07 Å². The molecule has 8 heteroatoms. The topological polar surface area (TPSA) is 52.0 Å². The van der Waals surface area contributed by atoms with Gasteiger partial charge in [-0.15, -0.1) is 11.3 Å². The molecule has 2 aromatic heterocycles. The zero-order valence-corrected chi connectivity index (χ0v) is 14.9. The summed E-state index contributed by atoms with van der Waals surface area (Å²) in [5, 5.41) is 3.99. The van der Waals surface area contributed by atoms with Crippen molar-refractivity contribution in [2.45, 2.75) is 0 Å². The summed E-state index contributed by atoms with van der Waals surface area (Å²) in [6.07, 6.45) is 0. The Morgan fingerprint density at radius 3 is 2.67 bits per heavy atom. The number of hydrogen-bond acceptors (Lipinski definition) is 4. The highest BCUT2D eigenvalue weighted by Gasteiger charge is 2.25. The molecule has 0 aliphatic carbocycles. The van der Waals surface area contributed by atoms with E-state index in [9.17, 15) is 4.39 Å². The Kier molecular flexibility index (Phi) is 4.09. The number of halogens is 4. The van der Waals surface area contributed by atoms with E-state index >= 15 is 0 Å². The number of thiophene rings is 1. The number of aromatic nitrogens is 1. The molecule has 0 unspecified atom stereocenters. The normalized spacial score (nSPS) is 11.0. The van der Waals surface area contributed by atoms with Gasteiger partial charge in [-0.2, -0.15) is 0 Å². The molecule has 0 saturated heterocycles.